The Balaban J connectivity index is 1.98. The molecule has 1 saturated heterocycles. The number of ether oxygens (including phenoxy) is 2. The maximum Gasteiger partial charge on any atom is 0.416 e. The SMILES string of the molecule is COCCn1c(C[C@H]2CCCO2)nc2cc(C(F)(F)F)ccc21. The maximum atomic E-state index is 12.9. The van der Waals surface area contributed by atoms with Gasteiger partial charge in [-0.15, -0.1) is 0 Å². The van der Waals surface area contributed by atoms with Gasteiger partial charge in [0, 0.05) is 26.7 Å². The van der Waals surface area contributed by atoms with Crippen molar-refractivity contribution in [3.8, 4) is 0 Å². The van der Waals surface area contributed by atoms with Crippen molar-refractivity contribution in [2.24, 2.45) is 0 Å². The summed E-state index contributed by atoms with van der Waals surface area (Å²) in [5.74, 6) is 0.753. The second kappa shape index (κ2) is 6.49. The highest BCUT2D eigenvalue weighted by Gasteiger charge is 2.31. The van der Waals surface area contributed by atoms with E-state index in [0.717, 1.165) is 37.4 Å². The number of alkyl halides is 3. The zero-order valence-electron chi connectivity index (χ0n) is 12.9. The van der Waals surface area contributed by atoms with E-state index in [1.54, 1.807) is 7.11 Å². The van der Waals surface area contributed by atoms with Gasteiger partial charge >= 0.3 is 6.18 Å². The van der Waals surface area contributed by atoms with Gasteiger partial charge in [0.1, 0.15) is 5.82 Å². The first kappa shape index (κ1) is 16.3. The lowest BCUT2D eigenvalue weighted by molar-refractivity contribution is -0.137. The Kier molecular flexibility index (Phi) is 4.59. The molecule has 2 heterocycles. The molecule has 1 aliphatic rings. The fraction of sp³-hybridized carbons (Fsp3) is 0.562. The van der Waals surface area contributed by atoms with E-state index in [2.05, 4.69) is 4.98 Å². The first-order valence-corrected chi connectivity index (χ1v) is 7.66. The number of halogens is 3. The summed E-state index contributed by atoms with van der Waals surface area (Å²) in [4.78, 5) is 4.43. The first-order valence-electron chi connectivity index (χ1n) is 7.66. The largest absolute Gasteiger partial charge is 0.416 e. The summed E-state index contributed by atoms with van der Waals surface area (Å²) in [5.41, 5.74) is 0.386. The Morgan fingerprint density at radius 2 is 2.22 bits per heavy atom. The molecule has 0 bridgehead atoms. The topological polar surface area (TPSA) is 36.3 Å². The standard InChI is InChI=1S/C16H19F3N2O2/c1-22-8-6-21-14-5-4-11(16(17,18)19)9-13(14)20-15(21)10-12-3-2-7-23-12/h4-5,9,12H,2-3,6-8,10H2,1H3/t12-/m1/s1. The van der Waals surface area contributed by atoms with E-state index in [0.29, 0.717) is 30.6 Å². The molecule has 126 valence electrons. The van der Waals surface area contributed by atoms with E-state index < -0.39 is 11.7 Å². The van der Waals surface area contributed by atoms with Gasteiger partial charge in [-0.2, -0.15) is 13.2 Å². The van der Waals surface area contributed by atoms with E-state index in [1.807, 2.05) is 4.57 Å². The Morgan fingerprint density at radius 1 is 1.39 bits per heavy atom. The van der Waals surface area contributed by atoms with E-state index >= 15 is 0 Å². The predicted octanol–water partition coefficient (Wildman–Crippen LogP) is 3.42. The molecule has 23 heavy (non-hydrogen) atoms. The van der Waals surface area contributed by atoms with Crippen LogP contribution in [-0.4, -0.2) is 36.0 Å². The van der Waals surface area contributed by atoms with Crippen molar-refractivity contribution in [2.45, 2.75) is 38.1 Å². The lowest BCUT2D eigenvalue weighted by atomic mass is 10.2. The van der Waals surface area contributed by atoms with Gasteiger partial charge in [-0.1, -0.05) is 0 Å². The number of imidazole rings is 1. The number of benzene rings is 1. The second-order valence-corrected chi connectivity index (χ2v) is 5.71. The lowest BCUT2D eigenvalue weighted by Crippen LogP contribution is -2.15. The van der Waals surface area contributed by atoms with Gasteiger partial charge in [-0.25, -0.2) is 4.98 Å². The molecule has 0 amide bonds. The molecule has 0 unspecified atom stereocenters. The summed E-state index contributed by atoms with van der Waals surface area (Å²) in [7, 11) is 1.60. The maximum absolute atomic E-state index is 12.9. The number of aromatic nitrogens is 2. The van der Waals surface area contributed by atoms with E-state index in [9.17, 15) is 13.2 Å². The Labute approximate surface area is 132 Å². The van der Waals surface area contributed by atoms with Crippen LogP contribution in [0.15, 0.2) is 18.2 Å². The third-order valence-electron chi connectivity index (χ3n) is 4.11. The van der Waals surface area contributed by atoms with Crippen molar-refractivity contribution in [2.75, 3.05) is 20.3 Å². The molecule has 0 N–H and O–H groups in total. The Bertz CT molecular complexity index is 676. The molecule has 1 aromatic carbocycles. The highest BCUT2D eigenvalue weighted by atomic mass is 19.4. The number of hydrogen-bond acceptors (Lipinski definition) is 3. The average Bonchev–Trinajstić information content (AvgIpc) is 3.11. The van der Waals surface area contributed by atoms with Crippen LogP contribution in [0.5, 0.6) is 0 Å². The van der Waals surface area contributed by atoms with Crippen molar-refractivity contribution < 1.29 is 22.6 Å². The summed E-state index contributed by atoms with van der Waals surface area (Å²) in [5, 5.41) is 0. The summed E-state index contributed by atoms with van der Waals surface area (Å²) in [6.07, 6.45) is -1.68. The highest BCUT2D eigenvalue weighted by molar-refractivity contribution is 5.77. The molecule has 7 heteroatoms. The number of rotatable bonds is 5. The molecule has 4 nitrogen and oxygen atoms in total. The fourth-order valence-electron chi connectivity index (χ4n) is 2.95. The molecule has 1 atom stereocenters. The van der Waals surface area contributed by atoms with Crippen LogP contribution in [0.2, 0.25) is 0 Å². The normalized spacial score (nSPS) is 18.9. The zero-order valence-corrected chi connectivity index (χ0v) is 12.9. The molecule has 0 aliphatic carbocycles. The molecule has 0 saturated carbocycles. The van der Waals surface area contributed by atoms with Gasteiger partial charge in [0.15, 0.2) is 0 Å². The van der Waals surface area contributed by atoms with E-state index in [4.69, 9.17) is 9.47 Å². The third kappa shape index (κ3) is 3.50. The molecular weight excluding hydrogens is 309 g/mol. The van der Waals surface area contributed by atoms with E-state index in [-0.39, 0.29) is 6.10 Å². The summed E-state index contributed by atoms with van der Waals surface area (Å²) in [6.45, 7) is 1.77. The fourth-order valence-corrected chi connectivity index (χ4v) is 2.95. The van der Waals surface area contributed by atoms with Crippen LogP contribution in [-0.2, 0) is 28.6 Å². The van der Waals surface area contributed by atoms with Crippen molar-refractivity contribution in [1.82, 2.24) is 9.55 Å². The molecule has 2 aromatic rings. The predicted molar refractivity (Wildman–Crippen MR) is 79.3 cm³/mol. The molecule has 1 aromatic heterocycles. The van der Waals surface area contributed by atoms with Gasteiger partial charge in [-0.05, 0) is 31.0 Å². The van der Waals surface area contributed by atoms with Gasteiger partial charge < -0.3 is 14.0 Å². The molecule has 1 fully saturated rings. The van der Waals surface area contributed by atoms with E-state index in [1.165, 1.54) is 6.07 Å². The minimum Gasteiger partial charge on any atom is -0.383 e. The smallest absolute Gasteiger partial charge is 0.383 e. The minimum atomic E-state index is -4.36. The molecule has 3 rings (SSSR count). The number of hydrogen-bond donors (Lipinski definition) is 0. The summed E-state index contributed by atoms with van der Waals surface area (Å²) in [6, 6.07) is 3.70. The van der Waals surface area contributed by atoms with Crippen LogP contribution in [0.1, 0.15) is 24.2 Å². The van der Waals surface area contributed by atoms with Gasteiger partial charge in [0.2, 0.25) is 0 Å². The molecule has 1 aliphatic heterocycles. The minimum absolute atomic E-state index is 0.0928. The summed E-state index contributed by atoms with van der Waals surface area (Å²) < 4.78 is 51.3. The Morgan fingerprint density at radius 3 is 2.87 bits per heavy atom. The summed E-state index contributed by atoms with van der Waals surface area (Å²) >= 11 is 0. The molecule has 0 spiro atoms. The van der Waals surface area contributed by atoms with Crippen molar-refractivity contribution in [3.05, 3.63) is 29.6 Å². The zero-order chi connectivity index (χ0) is 16.4. The number of fused-ring (bicyclic) bond motifs is 1. The van der Waals surface area contributed by atoms with Gasteiger partial charge in [0.25, 0.3) is 0 Å². The average molecular weight is 328 g/mol. The van der Waals surface area contributed by atoms with Crippen molar-refractivity contribution in [3.63, 3.8) is 0 Å². The quantitative estimate of drug-likeness (QED) is 0.844. The monoisotopic (exact) mass is 328 g/mol. The Hall–Kier alpha value is -1.60. The van der Waals surface area contributed by atoms with Gasteiger partial charge in [-0.3, -0.25) is 0 Å². The molecule has 0 radical (unpaired) electrons. The van der Waals surface area contributed by atoms with Crippen LogP contribution < -0.4 is 0 Å². The second-order valence-electron chi connectivity index (χ2n) is 5.71. The van der Waals surface area contributed by atoms with Crippen LogP contribution in [0.25, 0.3) is 11.0 Å². The van der Waals surface area contributed by atoms with Gasteiger partial charge in [0.05, 0.1) is 29.3 Å². The number of nitrogens with zero attached hydrogens (tertiary/aromatic N) is 2. The van der Waals surface area contributed by atoms with Crippen molar-refractivity contribution >= 4 is 11.0 Å². The highest BCUT2D eigenvalue weighted by Crippen LogP contribution is 2.32. The third-order valence-corrected chi connectivity index (χ3v) is 4.11. The molecular formula is C16H19F3N2O2. The van der Waals surface area contributed by atoms with Crippen LogP contribution in [0.3, 0.4) is 0 Å². The number of methoxy groups -OCH3 is 1. The first-order chi connectivity index (χ1) is 11.0. The van der Waals surface area contributed by atoms with Crippen LogP contribution in [0.4, 0.5) is 13.2 Å². The van der Waals surface area contributed by atoms with Crippen LogP contribution >= 0.6 is 0 Å². The van der Waals surface area contributed by atoms with Crippen molar-refractivity contribution in [1.29, 1.82) is 0 Å². The lowest BCUT2D eigenvalue weighted by Gasteiger charge is -2.12. The van der Waals surface area contributed by atoms with Crippen LogP contribution in [0, 0.1) is 0 Å².